The van der Waals surface area contributed by atoms with Crippen LogP contribution in [0.1, 0.15) is 12.1 Å². The predicted molar refractivity (Wildman–Crippen MR) is 131 cm³/mol. The molecular formula is C24H20ClF3N4O4S. The number of anilines is 1. The molecule has 0 radical (unpaired) electrons. The van der Waals surface area contributed by atoms with Crippen LogP contribution in [0.25, 0.3) is 5.69 Å². The molecule has 0 fully saturated rings. The Hall–Kier alpha value is -3.77. The van der Waals surface area contributed by atoms with Crippen LogP contribution < -0.4 is 15.8 Å². The lowest BCUT2D eigenvalue weighted by Gasteiger charge is -2.18. The van der Waals surface area contributed by atoms with E-state index in [4.69, 9.17) is 22.1 Å². The van der Waals surface area contributed by atoms with Crippen LogP contribution in [0.5, 0.6) is 5.88 Å². The lowest BCUT2D eigenvalue weighted by molar-refractivity contribution is -0.141. The Morgan fingerprint density at radius 1 is 1.19 bits per heavy atom. The van der Waals surface area contributed by atoms with Crippen molar-refractivity contribution in [2.24, 2.45) is 0 Å². The molecule has 4 rings (SSSR count). The predicted octanol–water partition coefficient (Wildman–Crippen LogP) is 4.31. The normalized spacial score (nSPS) is 15.8. The molecule has 0 saturated carbocycles. The smallest absolute Gasteiger partial charge is 0.435 e. The Bertz CT molecular complexity index is 1480. The number of hydrogen-bond acceptors (Lipinski definition) is 6. The summed E-state index contributed by atoms with van der Waals surface area (Å²) < 4.78 is 71.5. The zero-order valence-electron chi connectivity index (χ0n) is 18.9. The van der Waals surface area contributed by atoms with Crippen molar-refractivity contribution in [3.8, 4) is 11.6 Å². The third kappa shape index (κ3) is 5.97. The fraction of sp³-hybridized carbons (Fsp3) is 0.167. The summed E-state index contributed by atoms with van der Waals surface area (Å²) in [7, 11) is -3.75. The number of ether oxygens (including phenoxy) is 1. The first-order valence-corrected chi connectivity index (χ1v) is 12.6. The van der Waals surface area contributed by atoms with Crippen molar-refractivity contribution in [2.75, 3.05) is 12.3 Å². The number of allylic oxidation sites excluding steroid dienone is 1. The highest BCUT2D eigenvalue weighted by molar-refractivity contribution is 7.95. The summed E-state index contributed by atoms with van der Waals surface area (Å²) >= 11 is 6.10. The molecule has 1 aromatic heterocycles. The molecule has 1 aliphatic carbocycles. The van der Waals surface area contributed by atoms with Crippen LogP contribution in [0.15, 0.2) is 82.6 Å². The van der Waals surface area contributed by atoms with Crippen molar-refractivity contribution in [3.63, 3.8) is 0 Å². The molecule has 37 heavy (non-hydrogen) atoms. The molecule has 13 heteroatoms. The van der Waals surface area contributed by atoms with Gasteiger partial charge in [-0.15, -0.1) is 0 Å². The van der Waals surface area contributed by atoms with E-state index in [0.717, 1.165) is 4.68 Å². The monoisotopic (exact) mass is 552 g/mol. The van der Waals surface area contributed by atoms with E-state index in [1.54, 1.807) is 12.1 Å². The first-order chi connectivity index (χ1) is 17.4. The third-order valence-corrected chi connectivity index (χ3v) is 7.45. The van der Waals surface area contributed by atoms with Gasteiger partial charge in [-0.25, -0.2) is 8.42 Å². The molecule has 0 aliphatic heterocycles. The number of nitrogen functional groups attached to an aromatic ring is 1. The second-order valence-electron chi connectivity index (χ2n) is 7.97. The number of halogens is 4. The number of para-hydroxylation sites is 1. The lowest BCUT2D eigenvalue weighted by Crippen LogP contribution is -2.37. The Labute approximate surface area is 215 Å². The number of hydrogen-bond donors (Lipinski definition) is 2. The van der Waals surface area contributed by atoms with E-state index in [0.29, 0.717) is 11.8 Å². The standard InChI is InChI=1S/C24H20ClF3N4O4S/c25-19-3-1-2-4-20(19)32-23(13-21(31-32)24(26,27)28)36-14-22(33)30-16-7-11-18(12-8-16)37(34,35)17-9-5-15(29)6-10-17/h1-7,9-13,16H,8,14,29H2,(H,30,33). The van der Waals surface area contributed by atoms with Gasteiger partial charge in [0.15, 0.2) is 12.3 Å². The van der Waals surface area contributed by atoms with Crippen LogP contribution in [0.2, 0.25) is 5.02 Å². The maximum atomic E-state index is 13.2. The summed E-state index contributed by atoms with van der Waals surface area (Å²) in [6.07, 6.45) is -0.196. The molecule has 8 nitrogen and oxygen atoms in total. The number of nitrogens with one attached hydrogen (secondary N) is 1. The van der Waals surface area contributed by atoms with E-state index in [1.807, 2.05) is 0 Å². The Morgan fingerprint density at radius 2 is 1.89 bits per heavy atom. The largest absolute Gasteiger partial charge is 0.467 e. The molecule has 1 aliphatic rings. The molecule has 1 atom stereocenters. The fourth-order valence-corrected chi connectivity index (χ4v) is 5.04. The molecule has 1 heterocycles. The summed E-state index contributed by atoms with van der Waals surface area (Å²) in [5, 5.41) is 6.30. The van der Waals surface area contributed by atoms with Crippen molar-refractivity contribution in [1.29, 1.82) is 0 Å². The van der Waals surface area contributed by atoms with Crippen molar-refractivity contribution < 1.29 is 31.1 Å². The highest BCUT2D eigenvalue weighted by atomic mass is 35.5. The molecule has 3 N–H and O–H groups in total. The fourth-order valence-electron chi connectivity index (χ4n) is 3.48. The van der Waals surface area contributed by atoms with Gasteiger partial charge in [0, 0.05) is 11.8 Å². The van der Waals surface area contributed by atoms with E-state index in [1.165, 1.54) is 54.6 Å². The zero-order valence-corrected chi connectivity index (χ0v) is 20.5. The minimum atomic E-state index is -4.74. The highest BCUT2D eigenvalue weighted by Gasteiger charge is 2.36. The third-order valence-electron chi connectivity index (χ3n) is 5.31. The maximum Gasteiger partial charge on any atom is 0.435 e. The summed E-state index contributed by atoms with van der Waals surface area (Å²) in [5.41, 5.74) is 4.97. The minimum Gasteiger partial charge on any atom is -0.467 e. The van der Waals surface area contributed by atoms with Gasteiger partial charge in [0.25, 0.3) is 5.91 Å². The number of nitrogens with zero attached hydrogens (tertiary/aromatic N) is 2. The zero-order chi connectivity index (χ0) is 26.8. The van der Waals surface area contributed by atoms with Crippen LogP contribution >= 0.6 is 11.6 Å². The molecule has 194 valence electrons. The van der Waals surface area contributed by atoms with E-state index in [-0.39, 0.29) is 32.8 Å². The Kier molecular flexibility index (Phi) is 7.32. The van der Waals surface area contributed by atoms with Crippen LogP contribution in [-0.2, 0) is 20.8 Å². The van der Waals surface area contributed by atoms with Crippen LogP contribution in [0.3, 0.4) is 0 Å². The van der Waals surface area contributed by atoms with E-state index < -0.39 is 40.3 Å². The van der Waals surface area contributed by atoms with Crippen LogP contribution in [-0.4, -0.2) is 36.8 Å². The first-order valence-electron chi connectivity index (χ1n) is 10.8. The van der Waals surface area contributed by atoms with Crippen LogP contribution in [0, 0.1) is 0 Å². The number of alkyl halides is 3. The van der Waals surface area contributed by atoms with Gasteiger partial charge in [0.1, 0.15) is 0 Å². The highest BCUT2D eigenvalue weighted by Crippen LogP contribution is 2.33. The average Bonchev–Trinajstić information content (AvgIpc) is 3.28. The topological polar surface area (TPSA) is 116 Å². The number of amides is 1. The summed E-state index contributed by atoms with van der Waals surface area (Å²) in [5.74, 6) is -0.958. The lowest BCUT2D eigenvalue weighted by atomic mass is 10.1. The summed E-state index contributed by atoms with van der Waals surface area (Å²) in [6, 6.07) is 12.0. The number of sulfone groups is 1. The first kappa shape index (κ1) is 26.3. The van der Waals surface area contributed by atoms with E-state index >= 15 is 0 Å². The van der Waals surface area contributed by atoms with E-state index in [9.17, 15) is 26.4 Å². The molecule has 2 aromatic carbocycles. The van der Waals surface area contributed by atoms with Crippen molar-refractivity contribution in [1.82, 2.24) is 15.1 Å². The molecule has 1 amide bonds. The Balaban J connectivity index is 1.41. The van der Waals surface area contributed by atoms with Gasteiger partial charge in [-0.05, 0) is 48.9 Å². The maximum absolute atomic E-state index is 13.2. The van der Waals surface area contributed by atoms with Gasteiger partial charge in [-0.1, -0.05) is 35.9 Å². The van der Waals surface area contributed by atoms with Crippen molar-refractivity contribution in [3.05, 3.63) is 88.4 Å². The number of nitrogens with two attached hydrogens (primary N) is 1. The number of carbonyl (C=O) groups is 1. The second-order valence-corrected chi connectivity index (χ2v) is 10.3. The molecular weight excluding hydrogens is 533 g/mol. The van der Waals surface area contributed by atoms with Crippen molar-refractivity contribution in [2.45, 2.75) is 23.5 Å². The van der Waals surface area contributed by atoms with Gasteiger partial charge in [0.05, 0.1) is 26.6 Å². The molecule has 0 saturated heterocycles. The molecule has 0 bridgehead atoms. The van der Waals surface area contributed by atoms with Gasteiger partial charge < -0.3 is 15.8 Å². The average molecular weight is 553 g/mol. The molecule has 3 aromatic rings. The second kappa shape index (κ2) is 10.3. The molecule has 0 spiro atoms. The van der Waals surface area contributed by atoms with Gasteiger partial charge in [-0.2, -0.15) is 23.0 Å². The number of aromatic nitrogens is 2. The molecule has 1 unspecified atom stereocenters. The number of carbonyl (C=O) groups excluding carboxylic acids is 1. The van der Waals surface area contributed by atoms with Gasteiger partial charge in [0.2, 0.25) is 15.7 Å². The Morgan fingerprint density at radius 3 is 2.51 bits per heavy atom. The number of benzene rings is 2. The van der Waals surface area contributed by atoms with E-state index in [2.05, 4.69) is 10.4 Å². The van der Waals surface area contributed by atoms with Crippen molar-refractivity contribution >= 4 is 33.0 Å². The van der Waals surface area contributed by atoms with Gasteiger partial charge in [-0.3, -0.25) is 4.79 Å². The van der Waals surface area contributed by atoms with Crippen LogP contribution in [0.4, 0.5) is 18.9 Å². The number of rotatable bonds is 7. The SMILES string of the molecule is Nc1ccc(S(=O)(=O)C2=CCC(NC(=O)COc3cc(C(F)(F)F)nn3-c3ccccc3Cl)C=C2)cc1. The van der Waals surface area contributed by atoms with Gasteiger partial charge >= 0.3 is 6.18 Å². The summed E-state index contributed by atoms with van der Waals surface area (Å²) in [4.78, 5) is 12.6. The summed E-state index contributed by atoms with van der Waals surface area (Å²) in [6.45, 7) is -0.613. The quantitative estimate of drug-likeness (QED) is 0.422. The minimum absolute atomic E-state index is 0.0716.